The second-order valence-corrected chi connectivity index (χ2v) is 4.93. The first-order valence-corrected chi connectivity index (χ1v) is 5.98. The molecular weight excluding hydrogens is 224 g/mol. The fourth-order valence-electron chi connectivity index (χ4n) is 1.32. The Hall–Kier alpha value is -1.05. The highest BCUT2D eigenvalue weighted by molar-refractivity contribution is 7.10. The normalized spacial score (nSPS) is 11.1. The third-order valence-electron chi connectivity index (χ3n) is 2.09. The van der Waals surface area contributed by atoms with Crippen LogP contribution >= 0.6 is 22.9 Å². The number of hydrogen-bond acceptors (Lipinski definition) is 1. The molecule has 2 aromatic rings. The largest absolute Gasteiger partial charge is 0.149 e. The van der Waals surface area contributed by atoms with E-state index in [2.05, 4.69) is 30.5 Å². The molecule has 1 aromatic carbocycles. The van der Waals surface area contributed by atoms with Gasteiger partial charge < -0.3 is 0 Å². The van der Waals surface area contributed by atoms with Crippen molar-refractivity contribution in [2.45, 2.75) is 6.92 Å². The van der Waals surface area contributed by atoms with Gasteiger partial charge in [0.1, 0.15) is 0 Å². The molecule has 0 radical (unpaired) electrons. The standard InChI is InChI=1S/C13H11ClS/c1-10-8-12(9-15-10)3-2-11-4-6-13(14)7-5-11/h2-9H,1H3. The summed E-state index contributed by atoms with van der Waals surface area (Å²) in [6.07, 6.45) is 4.21. The molecule has 15 heavy (non-hydrogen) atoms. The highest BCUT2D eigenvalue weighted by Crippen LogP contribution is 2.16. The Kier molecular flexibility index (Phi) is 3.24. The maximum Gasteiger partial charge on any atom is 0.0406 e. The van der Waals surface area contributed by atoms with Crippen LogP contribution in [0.15, 0.2) is 35.7 Å². The quantitative estimate of drug-likeness (QED) is 0.695. The van der Waals surface area contributed by atoms with Gasteiger partial charge in [-0.15, -0.1) is 11.3 Å². The fourth-order valence-corrected chi connectivity index (χ4v) is 2.12. The summed E-state index contributed by atoms with van der Waals surface area (Å²) in [5.41, 5.74) is 2.43. The summed E-state index contributed by atoms with van der Waals surface area (Å²) in [6.45, 7) is 2.12. The van der Waals surface area contributed by atoms with Gasteiger partial charge in [0.15, 0.2) is 0 Å². The first-order valence-electron chi connectivity index (χ1n) is 4.73. The van der Waals surface area contributed by atoms with Gasteiger partial charge in [0.25, 0.3) is 0 Å². The molecule has 2 heteroatoms. The van der Waals surface area contributed by atoms with Crippen molar-refractivity contribution >= 4 is 35.1 Å². The van der Waals surface area contributed by atoms with Crippen LogP contribution < -0.4 is 0 Å². The van der Waals surface area contributed by atoms with E-state index in [1.807, 2.05) is 24.3 Å². The third kappa shape index (κ3) is 2.95. The van der Waals surface area contributed by atoms with Gasteiger partial charge in [0.05, 0.1) is 0 Å². The summed E-state index contributed by atoms with van der Waals surface area (Å²) in [4.78, 5) is 1.34. The lowest BCUT2D eigenvalue weighted by Gasteiger charge is -1.92. The molecule has 0 amide bonds. The van der Waals surface area contributed by atoms with Crippen LogP contribution in [0.3, 0.4) is 0 Å². The van der Waals surface area contributed by atoms with Gasteiger partial charge in [-0.05, 0) is 41.6 Å². The summed E-state index contributed by atoms with van der Waals surface area (Å²) >= 11 is 7.58. The zero-order chi connectivity index (χ0) is 10.7. The van der Waals surface area contributed by atoms with Gasteiger partial charge in [-0.1, -0.05) is 35.9 Å². The van der Waals surface area contributed by atoms with E-state index >= 15 is 0 Å². The van der Waals surface area contributed by atoms with E-state index in [0.717, 1.165) is 5.02 Å². The van der Waals surface area contributed by atoms with Gasteiger partial charge in [-0.2, -0.15) is 0 Å². The molecular formula is C13H11ClS. The SMILES string of the molecule is Cc1cc(C=Cc2ccc(Cl)cc2)cs1. The number of halogens is 1. The van der Waals surface area contributed by atoms with Gasteiger partial charge in [-0.25, -0.2) is 0 Å². The minimum atomic E-state index is 0.776. The molecule has 0 nitrogen and oxygen atoms in total. The maximum atomic E-state index is 5.81. The second-order valence-electron chi connectivity index (χ2n) is 3.38. The van der Waals surface area contributed by atoms with E-state index in [0.29, 0.717) is 0 Å². The monoisotopic (exact) mass is 234 g/mol. The smallest absolute Gasteiger partial charge is 0.0406 e. The first kappa shape index (κ1) is 10.5. The van der Waals surface area contributed by atoms with Gasteiger partial charge in [0, 0.05) is 9.90 Å². The Morgan fingerprint density at radius 2 is 1.73 bits per heavy atom. The summed E-state index contributed by atoms with van der Waals surface area (Å²) < 4.78 is 0. The Balaban J connectivity index is 2.14. The molecule has 0 saturated heterocycles. The molecule has 76 valence electrons. The van der Waals surface area contributed by atoms with Crippen LogP contribution in [0, 0.1) is 6.92 Å². The van der Waals surface area contributed by atoms with E-state index in [9.17, 15) is 0 Å². The summed E-state index contributed by atoms with van der Waals surface area (Å²) in [7, 11) is 0. The number of benzene rings is 1. The zero-order valence-electron chi connectivity index (χ0n) is 8.41. The zero-order valence-corrected chi connectivity index (χ0v) is 9.98. The lowest BCUT2D eigenvalue weighted by atomic mass is 10.2. The van der Waals surface area contributed by atoms with Crippen molar-refractivity contribution in [3.8, 4) is 0 Å². The molecule has 0 atom stereocenters. The van der Waals surface area contributed by atoms with Crippen molar-refractivity contribution in [1.82, 2.24) is 0 Å². The highest BCUT2D eigenvalue weighted by atomic mass is 35.5. The van der Waals surface area contributed by atoms with Crippen LogP contribution in [0.1, 0.15) is 16.0 Å². The Morgan fingerprint density at radius 1 is 1.07 bits per heavy atom. The third-order valence-corrected chi connectivity index (χ3v) is 3.22. The molecule has 0 aliphatic heterocycles. The van der Waals surface area contributed by atoms with Crippen LogP contribution in [0.2, 0.25) is 5.02 Å². The Labute approximate surface area is 98.8 Å². The van der Waals surface area contributed by atoms with Crippen LogP contribution in [-0.4, -0.2) is 0 Å². The molecule has 0 fully saturated rings. The van der Waals surface area contributed by atoms with Crippen molar-refractivity contribution < 1.29 is 0 Å². The maximum absolute atomic E-state index is 5.81. The molecule has 0 N–H and O–H groups in total. The molecule has 0 spiro atoms. The lowest BCUT2D eigenvalue weighted by Crippen LogP contribution is -1.70. The average Bonchev–Trinajstić information content (AvgIpc) is 2.64. The lowest BCUT2D eigenvalue weighted by molar-refractivity contribution is 1.63. The van der Waals surface area contributed by atoms with Crippen molar-refractivity contribution in [1.29, 1.82) is 0 Å². The van der Waals surface area contributed by atoms with Crippen molar-refractivity contribution in [2.24, 2.45) is 0 Å². The Morgan fingerprint density at radius 3 is 2.33 bits per heavy atom. The van der Waals surface area contributed by atoms with Crippen molar-refractivity contribution in [2.75, 3.05) is 0 Å². The van der Waals surface area contributed by atoms with Crippen molar-refractivity contribution in [3.05, 3.63) is 56.7 Å². The molecule has 1 aromatic heterocycles. The summed E-state index contributed by atoms with van der Waals surface area (Å²) in [5, 5.41) is 2.93. The van der Waals surface area contributed by atoms with E-state index < -0.39 is 0 Å². The van der Waals surface area contributed by atoms with Crippen LogP contribution in [-0.2, 0) is 0 Å². The molecule has 2 rings (SSSR count). The van der Waals surface area contributed by atoms with Crippen molar-refractivity contribution in [3.63, 3.8) is 0 Å². The van der Waals surface area contributed by atoms with E-state index in [1.165, 1.54) is 16.0 Å². The predicted octanol–water partition coefficient (Wildman–Crippen LogP) is 4.88. The van der Waals surface area contributed by atoms with Gasteiger partial charge in [-0.3, -0.25) is 0 Å². The van der Waals surface area contributed by atoms with Crippen LogP contribution in [0.5, 0.6) is 0 Å². The van der Waals surface area contributed by atoms with E-state index in [4.69, 9.17) is 11.6 Å². The molecule has 0 aliphatic rings. The van der Waals surface area contributed by atoms with Gasteiger partial charge in [0.2, 0.25) is 0 Å². The first-order chi connectivity index (χ1) is 7.24. The molecule has 0 saturated carbocycles. The number of thiophene rings is 1. The highest BCUT2D eigenvalue weighted by Gasteiger charge is 1.91. The second kappa shape index (κ2) is 4.65. The average molecular weight is 235 g/mol. The fraction of sp³-hybridized carbons (Fsp3) is 0.0769. The van der Waals surface area contributed by atoms with Gasteiger partial charge >= 0.3 is 0 Å². The minimum absolute atomic E-state index is 0.776. The topological polar surface area (TPSA) is 0 Å². The van der Waals surface area contributed by atoms with E-state index in [1.54, 1.807) is 11.3 Å². The van der Waals surface area contributed by atoms with E-state index in [-0.39, 0.29) is 0 Å². The number of rotatable bonds is 2. The van der Waals surface area contributed by atoms with Crippen LogP contribution in [0.25, 0.3) is 12.2 Å². The summed E-state index contributed by atoms with van der Waals surface area (Å²) in [6, 6.07) is 10.0. The van der Waals surface area contributed by atoms with Crippen LogP contribution in [0.4, 0.5) is 0 Å². The summed E-state index contributed by atoms with van der Waals surface area (Å²) in [5.74, 6) is 0. The molecule has 0 unspecified atom stereocenters. The number of aryl methyl sites for hydroxylation is 1. The minimum Gasteiger partial charge on any atom is -0.149 e. The Bertz CT molecular complexity index is 466. The molecule has 0 bridgehead atoms. The molecule has 1 heterocycles. The number of hydrogen-bond donors (Lipinski definition) is 0. The predicted molar refractivity (Wildman–Crippen MR) is 69.4 cm³/mol. The molecule has 0 aliphatic carbocycles.